The van der Waals surface area contributed by atoms with Gasteiger partial charge in [-0.1, -0.05) is 37.3 Å². The Morgan fingerprint density at radius 1 is 0.939 bits per heavy atom. The lowest BCUT2D eigenvalue weighted by molar-refractivity contribution is -0.136. The van der Waals surface area contributed by atoms with Gasteiger partial charge in [0.15, 0.2) is 6.61 Å². The number of rotatable bonds is 10. The molecule has 3 aromatic carbocycles. The Bertz CT molecular complexity index is 1150. The first-order valence-electron chi connectivity index (χ1n) is 10.5. The first-order chi connectivity index (χ1) is 15.8. The standard InChI is InChI=1S/C25H26FNO5S/c1-3-19(2)27(25(28)18-31-22-7-5-4-6-8-22)17-20-9-13-23(14-10-20)32-33(29,30)24-15-11-21(26)12-16-24/h4-16,19H,3,17-18H2,1-2H3. The molecule has 0 aromatic heterocycles. The minimum Gasteiger partial charge on any atom is -0.484 e. The van der Waals surface area contributed by atoms with Gasteiger partial charge in [-0.3, -0.25) is 4.79 Å². The van der Waals surface area contributed by atoms with E-state index < -0.39 is 15.9 Å². The molecule has 0 saturated carbocycles. The van der Waals surface area contributed by atoms with Crippen LogP contribution in [0.2, 0.25) is 0 Å². The quantitative estimate of drug-likeness (QED) is 0.397. The molecule has 1 atom stereocenters. The van der Waals surface area contributed by atoms with Crippen molar-refractivity contribution in [3.05, 3.63) is 90.2 Å². The van der Waals surface area contributed by atoms with Crippen molar-refractivity contribution in [3.63, 3.8) is 0 Å². The van der Waals surface area contributed by atoms with Gasteiger partial charge in [0, 0.05) is 12.6 Å². The number of hydrogen-bond acceptors (Lipinski definition) is 5. The lowest BCUT2D eigenvalue weighted by Crippen LogP contribution is -2.40. The summed E-state index contributed by atoms with van der Waals surface area (Å²) in [6, 6.07) is 20.0. The van der Waals surface area contributed by atoms with Crippen LogP contribution >= 0.6 is 0 Å². The van der Waals surface area contributed by atoms with Crippen LogP contribution in [0, 0.1) is 5.82 Å². The molecule has 3 aromatic rings. The summed E-state index contributed by atoms with van der Waals surface area (Å²) in [4.78, 5) is 14.4. The lowest BCUT2D eigenvalue weighted by atomic mass is 10.1. The molecule has 0 saturated heterocycles. The van der Waals surface area contributed by atoms with E-state index in [1.165, 1.54) is 12.1 Å². The molecule has 0 heterocycles. The first kappa shape index (κ1) is 24.3. The summed E-state index contributed by atoms with van der Waals surface area (Å²) >= 11 is 0. The van der Waals surface area contributed by atoms with Gasteiger partial charge in [-0.25, -0.2) is 4.39 Å². The summed E-state index contributed by atoms with van der Waals surface area (Å²) in [6.45, 7) is 4.23. The zero-order valence-electron chi connectivity index (χ0n) is 18.5. The molecule has 0 fully saturated rings. The Labute approximate surface area is 193 Å². The zero-order chi connectivity index (χ0) is 23.8. The minimum atomic E-state index is -4.08. The molecule has 0 aliphatic heterocycles. The maximum Gasteiger partial charge on any atom is 0.339 e. The SMILES string of the molecule is CCC(C)N(Cc1ccc(OS(=O)(=O)c2ccc(F)cc2)cc1)C(=O)COc1ccccc1. The molecule has 1 amide bonds. The zero-order valence-corrected chi connectivity index (χ0v) is 19.3. The van der Waals surface area contributed by atoms with Crippen LogP contribution in [0.4, 0.5) is 4.39 Å². The van der Waals surface area contributed by atoms with E-state index >= 15 is 0 Å². The van der Waals surface area contributed by atoms with E-state index in [0.717, 1.165) is 36.2 Å². The van der Waals surface area contributed by atoms with Crippen molar-refractivity contribution < 1.29 is 26.5 Å². The van der Waals surface area contributed by atoms with E-state index in [0.29, 0.717) is 12.3 Å². The average molecular weight is 472 g/mol. The van der Waals surface area contributed by atoms with Gasteiger partial charge >= 0.3 is 10.1 Å². The third-order valence-corrected chi connectivity index (χ3v) is 6.39. The van der Waals surface area contributed by atoms with Gasteiger partial charge in [0.25, 0.3) is 5.91 Å². The van der Waals surface area contributed by atoms with Crippen LogP contribution < -0.4 is 8.92 Å². The molecule has 33 heavy (non-hydrogen) atoms. The van der Waals surface area contributed by atoms with Crippen LogP contribution in [-0.4, -0.2) is 31.9 Å². The number of amides is 1. The molecule has 8 heteroatoms. The molecular weight excluding hydrogens is 445 g/mol. The third kappa shape index (κ3) is 6.79. The monoisotopic (exact) mass is 471 g/mol. The van der Waals surface area contributed by atoms with E-state index in [9.17, 15) is 17.6 Å². The van der Waals surface area contributed by atoms with Crippen LogP contribution in [0.15, 0.2) is 83.8 Å². The van der Waals surface area contributed by atoms with E-state index in [4.69, 9.17) is 8.92 Å². The number of carbonyl (C=O) groups is 1. The van der Waals surface area contributed by atoms with Crippen LogP contribution in [0.1, 0.15) is 25.8 Å². The Balaban J connectivity index is 1.66. The van der Waals surface area contributed by atoms with Crippen molar-refractivity contribution in [3.8, 4) is 11.5 Å². The van der Waals surface area contributed by atoms with E-state index in [1.807, 2.05) is 32.0 Å². The molecule has 0 bridgehead atoms. The van der Waals surface area contributed by atoms with Crippen LogP contribution in [-0.2, 0) is 21.5 Å². The Morgan fingerprint density at radius 3 is 2.18 bits per heavy atom. The molecular formula is C25H26FNO5S. The highest BCUT2D eigenvalue weighted by Gasteiger charge is 2.21. The summed E-state index contributed by atoms with van der Waals surface area (Å²) in [5.41, 5.74) is 0.815. The predicted molar refractivity (Wildman–Crippen MR) is 123 cm³/mol. The fraction of sp³-hybridized carbons (Fsp3) is 0.240. The molecule has 0 N–H and O–H groups in total. The number of carbonyl (C=O) groups excluding carboxylic acids is 1. The van der Waals surface area contributed by atoms with Gasteiger partial charge in [-0.2, -0.15) is 8.42 Å². The molecule has 174 valence electrons. The fourth-order valence-electron chi connectivity index (χ4n) is 3.08. The molecule has 3 rings (SSSR count). The second-order valence-corrected chi connectivity index (χ2v) is 9.06. The molecule has 0 spiro atoms. The highest BCUT2D eigenvalue weighted by atomic mass is 32.2. The van der Waals surface area contributed by atoms with Gasteiger partial charge in [0.05, 0.1) is 0 Å². The largest absolute Gasteiger partial charge is 0.484 e. The van der Waals surface area contributed by atoms with Crippen LogP contribution in [0.25, 0.3) is 0 Å². The number of ether oxygens (including phenoxy) is 1. The van der Waals surface area contributed by atoms with Crippen molar-refractivity contribution in [1.29, 1.82) is 0 Å². The number of para-hydroxylation sites is 1. The summed E-state index contributed by atoms with van der Waals surface area (Å²) < 4.78 is 48.5. The van der Waals surface area contributed by atoms with E-state index in [2.05, 4.69) is 0 Å². The Morgan fingerprint density at radius 2 is 1.58 bits per heavy atom. The second-order valence-electron chi connectivity index (χ2n) is 7.52. The van der Waals surface area contributed by atoms with Crippen LogP contribution in [0.5, 0.6) is 11.5 Å². The Kier molecular flexibility index (Phi) is 8.06. The summed E-state index contributed by atoms with van der Waals surface area (Å²) in [5.74, 6) is 0.0658. The topological polar surface area (TPSA) is 72.9 Å². The number of halogens is 1. The van der Waals surface area contributed by atoms with Crippen molar-refractivity contribution in [1.82, 2.24) is 4.90 Å². The highest BCUT2D eigenvalue weighted by Crippen LogP contribution is 2.21. The highest BCUT2D eigenvalue weighted by molar-refractivity contribution is 7.87. The maximum atomic E-state index is 13.1. The number of nitrogens with zero attached hydrogens (tertiary/aromatic N) is 1. The van der Waals surface area contributed by atoms with Gasteiger partial charge in [-0.05, 0) is 67.4 Å². The fourth-order valence-corrected chi connectivity index (χ4v) is 4.01. The lowest BCUT2D eigenvalue weighted by Gasteiger charge is -2.29. The first-order valence-corrected chi connectivity index (χ1v) is 12.0. The van der Waals surface area contributed by atoms with Crippen molar-refractivity contribution in [2.75, 3.05) is 6.61 Å². The van der Waals surface area contributed by atoms with Crippen LogP contribution in [0.3, 0.4) is 0 Å². The van der Waals surface area contributed by atoms with E-state index in [-0.39, 0.29) is 29.2 Å². The summed E-state index contributed by atoms with van der Waals surface area (Å²) in [5, 5.41) is 0. The normalized spacial score (nSPS) is 12.1. The van der Waals surface area contributed by atoms with Crippen molar-refractivity contribution in [2.45, 2.75) is 37.8 Å². The second kappa shape index (κ2) is 11.0. The predicted octanol–water partition coefficient (Wildman–Crippen LogP) is 4.80. The summed E-state index contributed by atoms with van der Waals surface area (Å²) in [7, 11) is -4.08. The molecule has 0 radical (unpaired) electrons. The smallest absolute Gasteiger partial charge is 0.339 e. The number of hydrogen-bond donors (Lipinski definition) is 0. The molecule has 0 aliphatic carbocycles. The summed E-state index contributed by atoms with van der Waals surface area (Å²) in [6.07, 6.45) is 0.772. The minimum absolute atomic E-state index is 0.00773. The van der Waals surface area contributed by atoms with Gasteiger partial charge in [-0.15, -0.1) is 0 Å². The van der Waals surface area contributed by atoms with Gasteiger partial charge < -0.3 is 13.8 Å². The molecule has 6 nitrogen and oxygen atoms in total. The molecule has 1 unspecified atom stereocenters. The van der Waals surface area contributed by atoms with Gasteiger partial charge in [0.1, 0.15) is 22.2 Å². The molecule has 0 aliphatic rings. The number of benzene rings is 3. The maximum absolute atomic E-state index is 13.1. The van der Waals surface area contributed by atoms with Crippen molar-refractivity contribution in [2.24, 2.45) is 0 Å². The average Bonchev–Trinajstić information content (AvgIpc) is 2.82. The van der Waals surface area contributed by atoms with Crippen molar-refractivity contribution >= 4 is 16.0 Å². The van der Waals surface area contributed by atoms with E-state index in [1.54, 1.807) is 29.2 Å². The Hall–Kier alpha value is -3.39. The van der Waals surface area contributed by atoms with Gasteiger partial charge in [0.2, 0.25) is 0 Å². The third-order valence-electron chi connectivity index (χ3n) is 5.13.